The monoisotopic (exact) mass is 648 g/mol. The smallest absolute Gasteiger partial charge is 0.237 e. The molecule has 5 heterocycles. The molecule has 2 aliphatic rings. The molecule has 0 radical (unpaired) electrons. The van der Waals surface area contributed by atoms with Gasteiger partial charge in [-0.2, -0.15) is 5.10 Å². The van der Waals surface area contributed by atoms with Crippen LogP contribution in [0.25, 0.3) is 16.3 Å². The van der Waals surface area contributed by atoms with Crippen LogP contribution in [0.15, 0.2) is 30.7 Å². The molecule has 0 aromatic carbocycles. The van der Waals surface area contributed by atoms with Crippen molar-refractivity contribution in [1.29, 1.82) is 5.41 Å². The standard InChI is InChI=1S/C32H44N10O3S/c1-5-21(12-16-45-4)28(34)29-24(33)7-8-26(37-29)42(6-2)32(44)23-9-13-40(18-23)19-27(43)41-14-10-22(11-15-41)31-35-17-25(46-31)30-36-20-39(3)38-30/h7-8,10,17,20-21,23,34H,5-6,9,11-16,18-19,33H2,1-4H3/t21?,23-/m1/s1. The number of pyridine rings is 1. The van der Waals surface area contributed by atoms with Crippen LogP contribution in [0.2, 0.25) is 0 Å². The summed E-state index contributed by atoms with van der Waals surface area (Å²) in [6.45, 7) is 7.60. The zero-order valence-corrected chi connectivity index (χ0v) is 27.9. The Hall–Kier alpha value is -4.01. The molecule has 246 valence electrons. The zero-order chi connectivity index (χ0) is 32.8. The van der Waals surface area contributed by atoms with Gasteiger partial charge in [-0.25, -0.2) is 15.0 Å². The number of nitrogens with one attached hydrogen (secondary N) is 1. The van der Waals surface area contributed by atoms with Crippen LogP contribution in [0.5, 0.6) is 0 Å². The Morgan fingerprint density at radius 3 is 2.74 bits per heavy atom. The lowest BCUT2D eigenvalue weighted by Gasteiger charge is -2.28. The molecule has 2 amide bonds. The van der Waals surface area contributed by atoms with E-state index in [2.05, 4.69) is 26.0 Å². The summed E-state index contributed by atoms with van der Waals surface area (Å²) in [5.41, 5.74) is 8.60. The molecular formula is C32H44N10O3S. The molecule has 3 N–H and O–H groups in total. The van der Waals surface area contributed by atoms with Crippen molar-refractivity contribution in [2.45, 2.75) is 39.5 Å². The summed E-state index contributed by atoms with van der Waals surface area (Å²) in [7, 11) is 3.49. The highest BCUT2D eigenvalue weighted by Gasteiger charge is 2.34. The molecular weight excluding hydrogens is 604 g/mol. The number of nitrogens with zero attached hydrogens (tertiary/aromatic N) is 8. The predicted molar refractivity (Wildman–Crippen MR) is 180 cm³/mol. The van der Waals surface area contributed by atoms with Crippen molar-refractivity contribution in [3.63, 3.8) is 0 Å². The van der Waals surface area contributed by atoms with Gasteiger partial charge in [-0.15, -0.1) is 11.3 Å². The van der Waals surface area contributed by atoms with Crippen molar-refractivity contribution in [2.75, 3.05) is 63.6 Å². The Balaban J connectivity index is 1.16. The first-order chi connectivity index (χ1) is 22.2. The Kier molecular flexibility index (Phi) is 10.9. The van der Waals surface area contributed by atoms with Crippen molar-refractivity contribution in [3.05, 3.63) is 41.4 Å². The Morgan fingerprint density at radius 1 is 1.24 bits per heavy atom. The third-order valence-electron chi connectivity index (χ3n) is 8.74. The maximum Gasteiger partial charge on any atom is 0.237 e. The SMILES string of the molecule is CCC(CCOC)C(=N)c1nc(N(CC)C(=O)[C@@H]2CCN(CC(=O)N3CC=C(c4ncc(-c5ncn(C)n5)s4)CC3)C2)ccc1N. The average molecular weight is 649 g/mol. The average Bonchev–Trinajstić information content (AvgIpc) is 3.84. The number of anilines is 2. The van der Waals surface area contributed by atoms with Gasteiger partial charge in [0.15, 0.2) is 5.82 Å². The van der Waals surface area contributed by atoms with Crippen LogP contribution in [0.1, 0.15) is 50.2 Å². The van der Waals surface area contributed by atoms with Gasteiger partial charge in [-0.05, 0) is 56.9 Å². The van der Waals surface area contributed by atoms with Gasteiger partial charge in [0.2, 0.25) is 11.8 Å². The molecule has 0 bridgehead atoms. The van der Waals surface area contributed by atoms with E-state index in [1.54, 1.807) is 52.7 Å². The second-order valence-electron chi connectivity index (χ2n) is 11.8. The molecule has 2 aliphatic heterocycles. The molecule has 13 nitrogen and oxygen atoms in total. The number of hydrogen-bond donors (Lipinski definition) is 2. The number of methoxy groups -OCH3 is 1. The van der Waals surface area contributed by atoms with Gasteiger partial charge < -0.3 is 20.8 Å². The largest absolute Gasteiger partial charge is 0.397 e. The van der Waals surface area contributed by atoms with Crippen LogP contribution < -0.4 is 10.6 Å². The lowest BCUT2D eigenvalue weighted by molar-refractivity contribution is -0.132. The Bertz CT molecular complexity index is 1580. The molecule has 1 unspecified atom stereocenters. The minimum Gasteiger partial charge on any atom is -0.397 e. The molecule has 3 aromatic heterocycles. The number of ether oxygens (including phenoxy) is 1. The number of carbonyl (C=O) groups excluding carboxylic acids is 2. The zero-order valence-electron chi connectivity index (χ0n) is 27.1. The first-order valence-corrected chi connectivity index (χ1v) is 16.7. The van der Waals surface area contributed by atoms with Crippen molar-refractivity contribution in [1.82, 2.24) is 34.5 Å². The number of aromatic nitrogens is 5. The normalized spacial score (nSPS) is 17.6. The second kappa shape index (κ2) is 15.1. The summed E-state index contributed by atoms with van der Waals surface area (Å²) in [5.74, 6) is 0.938. The molecule has 3 aromatic rings. The van der Waals surface area contributed by atoms with Crippen LogP contribution in [0, 0.1) is 17.2 Å². The van der Waals surface area contributed by atoms with Gasteiger partial charge in [0.25, 0.3) is 0 Å². The van der Waals surface area contributed by atoms with Crippen LogP contribution >= 0.6 is 11.3 Å². The molecule has 2 atom stereocenters. The van der Waals surface area contributed by atoms with Crippen molar-refractivity contribution in [3.8, 4) is 10.7 Å². The summed E-state index contributed by atoms with van der Waals surface area (Å²) >= 11 is 1.56. The van der Waals surface area contributed by atoms with Crippen molar-refractivity contribution in [2.24, 2.45) is 18.9 Å². The van der Waals surface area contributed by atoms with Gasteiger partial charge in [0, 0.05) is 59.1 Å². The molecule has 1 saturated heterocycles. The van der Waals surface area contributed by atoms with E-state index in [0.717, 1.165) is 28.3 Å². The highest BCUT2D eigenvalue weighted by atomic mass is 32.1. The van der Waals surface area contributed by atoms with Gasteiger partial charge in [-0.3, -0.25) is 24.1 Å². The molecule has 5 rings (SSSR count). The molecule has 1 fully saturated rings. The summed E-state index contributed by atoms with van der Waals surface area (Å²) in [6.07, 6.45) is 8.45. The maximum atomic E-state index is 13.7. The van der Waals surface area contributed by atoms with Gasteiger partial charge in [0.05, 0.1) is 28.7 Å². The summed E-state index contributed by atoms with van der Waals surface area (Å²) in [5, 5.41) is 14.1. The fraction of sp³-hybridized carbons (Fsp3) is 0.531. The molecule has 0 aliphatic carbocycles. The highest BCUT2D eigenvalue weighted by Crippen LogP contribution is 2.31. The van der Waals surface area contributed by atoms with Crippen LogP contribution in [-0.4, -0.2) is 105 Å². The number of carbonyl (C=O) groups is 2. The first-order valence-electron chi connectivity index (χ1n) is 15.9. The minimum atomic E-state index is -0.236. The summed E-state index contributed by atoms with van der Waals surface area (Å²) in [6, 6.07) is 3.48. The number of amides is 2. The second-order valence-corrected chi connectivity index (χ2v) is 12.8. The fourth-order valence-corrected chi connectivity index (χ4v) is 6.94. The van der Waals surface area contributed by atoms with Crippen LogP contribution in [0.4, 0.5) is 11.5 Å². The number of hydrogen-bond acceptors (Lipinski definition) is 11. The van der Waals surface area contributed by atoms with E-state index in [0.29, 0.717) is 80.9 Å². The van der Waals surface area contributed by atoms with Crippen molar-refractivity contribution < 1.29 is 14.3 Å². The number of nitrogens with two attached hydrogens (primary N) is 1. The van der Waals surface area contributed by atoms with E-state index in [9.17, 15) is 9.59 Å². The summed E-state index contributed by atoms with van der Waals surface area (Å²) in [4.78, 5) is 47.1. The fourth-order valence-electron chi connectivity index (χ4n) is 6.02. The number of aryl methyl sites for hydroxylation is 1. The number of likely N-dealkylation sites (tertiary alicyclic amines) is 1. The predicted octanol–water partition coefficient (Wildman–Crippen LogP) is 3.34. The van der Waals surface area contributed by atoms with Gasteiger partial charge in [-0.1, -0.05) is 13.0 Å². The van der Waals surface area contributed by atoms with Crippen LogP contribution in [0.3, 0.4) is 0 Å². The Morgan fingerprint density at radius 2 is 2.07 bits per heavy atom. The highest BCUT2D eigenvalue weighted by molar-refractivity contribution is 7.16. The maximum absolute atomic E-state index is 13.7. The summed E-state index contributed by atoms with van der Waals surface area (Å²) < 4.78 is 6.89. The van der Waals surface area contributed by atoms with E-state index in [1.807, 2.05) is 25.8 Å². The Labute approximate surface area is 274 Å². The van der Waals surface area contributed by atoms with E-state index in [1.165, 1.54) is 0 Å². The molecule has 0 saturated carbocycles. The topological polar surface area (TPSA) is 159 Å². The van der Waals surface area contributed by atoms with Crippen molar-refractivity contribution >= 4 is 45.9 Å². The first kappa shape index (κ1) is 33.4. The lowest BCUT2D eigenvalue weighted by Crippen LogP contribution is -2.42. The molecule has 14 heteroatoms. The number of rotatable bonds is 13. The van der Waals surface area contributed by atoms with Gasteiger partial charge in [0.1, 0.15) is 22.8 Å². The van der Waals surface area contributed by atoms with E-state index in [4.69, 9.17) is 20.9 Å². The van der Waals surface area contributed by atoms with Crippen LogP contribution in [-0.2, 0) is 21.4 Å². The van der Waals surface area contributed by atoms with E-state index >= 15 is 0 Å². The number of thiazole rings is 1. The van der Waals surface area contributed by atoms with E-state index < -0.39 is 0 Å². The quantitative estimate of drug-likeness (QED) is 0.265. The third-order valence-corrected chi connectivity index (χ3v) is 9.81. The lowest BCUT2D eigenvalue weighted by atomic mass is 9.93. The third kappa shape index (κ3) is 7.51. The van der Waals surface area contributed by atoms with E-state index in [-0.39, 0.29) is 30.2 Å². The molecule has 46 heavy (non-hydrogen) atoms. The van der Waals surface area contributed by atoms with Gasteiger partial charge >= 0.3 is 0 Å². The number of nitrogen functional groups attached to an aromatic ring is 1. The minimum absolute atomic E-state index is 0.0205. The molecule has 0 spiro atoms.